The van der Waals surface area contributed by atoms with E-state index in [1.165, 1.54) is 4.57 Å². The summed E-state index contributed by atoms with van der Waals surface area (Å²) in [6.07, 6.45) is 0.163. The molecule has 1 aromatic carbocycles. The Bertz CT molecular complexity index is 1090. The number of fused-ring (bicyclic) bond motifs is 1. The fourth-order valence-corrected chi connectivity index (χ4v) is 4.34. The van der Waals surface area contributed by atoms with Crippen LogP contribution < -0.4 is 16.1 Å². The third kappa shape index (κ3) is 2.90. The molecule has 3 N–H and O–H groups in total. The fraction of sp³-hybridized carbons (Fsp3) is 0.500. The summed E-state index contributed by atoms with van der Waals surface area (Å²) in [7, 11) is 0. The van der Waals surface area contributed by atoms with Crippen molar-refractivity contribution in [1.29, 1.82) is 0 Å². The monoisotopic (exact) mass is 409 g/mol. The van der Waals surface area contributed by atoms with Crippen molar-refractivity contribution >= 4 is 22.6 Å². The summed E-state index contributed by atoms with van der Waals surface area (Å²) >= 11 is 0. The van der Waals surface area contributed by atoms with Crippen LogP contribution >= 0.6 is 0 Å². The summed E-state index contributed by atoms with van der Waals surface area (Å²) in [6, 6.07) is 0.389. The number of aryl methyl sites for hydroxylation is 1. The molecule has 1 aliphatic carbocycles. The predicted molar refractivity (Wildman–Crippen MR) is 103 cm³/mol. The van der Waals surface area contributed by atoms with Gasteiger partial charge in [0.1, 0.15) is 24.2 Å². The number of aromatic nitrogens is 1. The average molecular weight is 409 g/mol. The van der Waals surface area contributed by atoms with Gasteiger partial charge in [-0.2, -0.15) is 0 Å². The number of benzene rings is 1. The summed E-state index contributed by atoms with van der Waals surface area (Å²) in [5.74, 6) is -2.39. The molecule has 0 spiro atoms. The molecule has 4 unspecified atom stereocenters. The fourth-order valence-electron chi connectivity index (χ4n) is 4.34. The second kappa shape index (κ2) is 6.48. The molecule has 156 valence electrons. The topological polar surface area (TPSA) is 88.6 Å². The minimum atomic E-state index is -1.45. The number of hydrogen-bond acceptors (Lipinski definition) is 4. The standard InChI is InChI=1S/C20H22F3N3O3/c1-9-5-25(8-20(9,24)7-21)17-10(2)16-11(3-14(17)23)18(27)12(19(28)29)6-26(16)15-4-13(15)22/h3,6,9,13,15H,4-5,7-8,24H2,1-2H3,(H,28,29). The van der Waals surface area contributed by atoms with E-state index in [1.54, 1.807) is 18.7 Å². The summed E-state index contributed by atoms with van der Waals surface area (Å²) in [4.78, 5) is 25.8. The number of alkyl halides is 2. The Labute approximate surface area is 164 Å². The predicted octanol–water partition coefficient (Wildman–Crippen LogP) is 2.55. The van der Waals surface area contributed by atoms with Crippen LogP contribution in [0.4, 0.5) is 18.9 Å². The zero-order chi connectivity index (χ0) is 21.2. The number of hydrogen-bond donors (Lipinski definition) is 2. The van der Waals surface area contributed by atoms with Gasteiger partial charge in [-0.3, -0.25) is 4.79 Å². The molecule has 6 nitrogen and oxygen atoms in total. The van der Waals surface area contributed by atoms with Crippen LogP contribution in [-0.2, 0) is 0 Å². The van der Waals surface area contributed by atoms with E-state index in [2.05, 4.69) is 0 Å². The van der Waals surface area contributed by atoms with E-state index in [9.17, 15) is 23.5 Å². The first-order chi connectivity index (χ1) is 13.6. The number of carbonyl (C=O) groups is 1. The van der Waals surface area contributed by atoms with Crippen LogP contribution in [-0.4, -0.2) is 47.1 Å². The van der Waals surface area contributed by atoms with Gasteiger partial charge in [-0.05, 0) is 24.5 Å². The van der Waals surface area contributed by atoms with Crippen molar-refractivity contribution in [2.45, 2.75) is 38.0 Å². The summed E-state index contributed by atoms with van der Waals surface area (Å²) < 4.78 is 43.9. The smallest absolute Gasteiger partial charge is 0.341 e. The highest BCUT2D eigenvalue weighted by molar-refractivity contribution is 5.95. The summed E-state index contributed by atoms with van der Waals surface area (Å²) in [5, 5.41) is 9.23. The molecular formula is C20H22F3N3O3. The van der Waals surface area contributed by atoms with Crippen LogP contribution in [0, 0.1) is 18.7 Å². The number of rotatable bonds is 4. The maximum absolute atomic E-state index is 15.1. The maximum atomic E-state index is 15.1. The van der Waals surface area contributed by atoms with Crippen molar-refractivity contribution in [3.63, 3.8) is 0 Å². The molecule has 0 radical (unpaired) electrons. The van der Waals surface area contributed by atoms with Crippen LogP contribution in [0.5, 0.6) is 0 Å². The number of nitrogens with zero attached hydrogens (tertiary/aromatic N) is 2. The number of nitrogens with two attached hydrogens (primary N) is 1. The van der Waals surface area contributed by atoms with Gasteiger partial charge in [-0.15, -0.1) is 0 Å². The van der Waals surface area contributed by atoms with Crippen LogP contribution in [0.25, 0.3) is 10.9 Å². The molecule has 4 rings (SSSR count). The Hall–Kier alpha value is -2.55. The number of carboxylic acids is 1. The summed E-state index contributed by atoms with van der Waals surface area (Å²) in [5.41, 5.74) is 4.51. The van der Waals surface area contributed by atoms with Crippen molar-refractivity contribution < 1.29 is 23.1 Å². The number of halogens is 3. The zero-order valence-electron chi connectivity index (χ0n) is 16.1. The van der Waals surface area contributed by atoms with E-state index in [0.717, 1.165) is 12.3 Å². The van der Waals surface area contributed by atoms with E-state index in [-0.39, 0.29) is 30.0 Å². The number of anilines is 1. The van der Waals surface area contributed by atoms with Gasteiger partial charge < -0.3 is 20.3 Å². The highest BCUT2D eigenvalue weighted by atomic mass is 19.1. The van der Waals surface area contributed by atoms with Crippen molar-refractivity contribution in [3.05, 3.63) is 39.4 Å². The quantitative estimate of drug-likeness (QED) is 0.810. The Morgan fingerprint density at radius 1 is 1.45 bits per heavy atom. The van der Waals surface area contributed by atoms with E-state index in [1.807, 2.05) is 0 Å². The van der Waals surface area contributed by atoms with Crippen LogP contribution in [0.2, 0.25) is 0 Å². The largest absolute Gasteiger partial charge is 0.477 e. The van der Waals surface area contributed by atoms with E-state index >= 15 is 4.39 Å². The minimum Gasteiger partial charge on any atom is -0.477 e. The normalized spacial score (nSPS) is 28.9. The third-order valence-corrected chi connectivity index (χ3v) is 6.27. The summed E-state index contributed by atoms with van der Waals surface area (Å²) in [6.45, 7) is 3.07. The van der Waals surface area contributed by atoms with Crippen molar-refractivity contribution in [2.24, 2.45) is 11.7 Å². The molecule has 1 saturated heterocycles. The second-order valence-electron chi connectivity index (χ2n) is 8.28. The molecule has 2 heterocycles. The lowest BCUT2D eigenvalue weighted by molar-refractivity contribution is 0.0694. The Morgan fingerprint density at radius 3 is 2.62 bits per heavy atom. The van der Waals surface area contributed by atoms with Gasteiger partial charge in [0, 0.05) is 31.1 Å². The van der Waals surface area contributed by atoms with Gasteiger partial charge >= 0.3 is 5.97 Å². The first-order valence-corrected chi connectivity index (χ1v) is 9.44. The van der Waals surface area contributed by atoms with Crippen molar-refractivity contribution in [3.8, 4) is 0 Å². The second-order valence-corrected chi connectivity index (χ2v) is 8.28. The first-order valence-electron chi connectivity index (χ1n) is 9.44. The maximum Gasteiger partial charge on any atom is 0.341 e. The molecule has 2 aromatic rings. The highest BCUT2D eigenvalue weighted by Gasteiger charge is 2.44. The average Bonchev–Trinajstić information content (AvgIpc) is 3.30. The van der Waals surface area contributed by atoms with Gasteiger partial charge in [0.2, 0.25) is 5.43 Å². The third-order valence-electron chi connectivity index (χ3n) is 6.27. The molecule has 1 aromatic heterocycles. The molecule has 0 bridgehead atoms. The lowest BCUT2D eigenvalue weighted by atomic mass is 9.91. The van der Waals surface area contributed by atoms with Crippen LogP contribution in [0.1, 0.15) is 35.3 Å². The van der Waals surface area contributed by atoms with Gasteiger partial charge in [-0.25, -0.2) is 18.0 Å². The molecule has 1 aliphatic heterocycles. The molecule has 2 aliphatic rings. The Morgan fingerprint density at radius 2 is 2.10 bits per heavy atom. The molecule has 4 atom stereocenters. The van der Waals surface area contributed by atoms with Crippen LogP contribution in [0.15, 0.2) is 17.1 Å². The van der Waals surface area contributed by atoms with Crippen LogP contribution in [0.3, 0.4) is 0 Å². The molecule has 9 heteroatoms. The first kappa shape index (κ1) is 19.8. The number of aromatic carboxylic acids is 1. The SMILES string of the molecule is Cc1c(N2CC(C)C(N)(CF)C2)c(F)cc2c(=O)c(C(=O)O)cn(C3CC3F)c12. The number of pyridine rings is 1. The number of carboxylic acid groups (broad SMARTS) is 1. The van der Waals surface area contributed by atoms with Crippen molar-refractivity contribution in [2.75, 3.05) is 24.7 Å². The van der Waals surface area contributed by atoms with E-state index in [4.69, 9.17) is 5.73 Å². The molecule has 29 heavy (non-hydrogen) atoms. The van der Waals surface area contributed by atoms with Gasteiger partial charge in [0.25, 0.3) is 0 Å². The Kier molecular flexibility index (Phi) is 4.41. The minimum absolute atomic E-state index is 0.0978. The molecule has 1 saturated carbocycles. The highest BCUT2D eigenvalue weighted by Crippen LogP contribution is 2.43. The van der Waals surface area contributed by atoms with E-state index in [0.29, 0.717) is 17.6 Å². The lowest BCUT2D eigenvalue weighted by Crippen LogP contribution is -2.49. The Balaban J connectivity index is 1.97. The molecule has 2 fully saturated rings. The lowest BCUT2D eigenvalue weighted by Gasteiger charge is -2.26. The van der Waals surface area contributed by atoms with E-state index < -0.39 is 47.2 Å². The van der Waals surface area contributed by atoms with Gasteiger partial charge in [0.05, 0.1) is 22.8 Å². The molecular weight excluding hydrogens is 387 g/mol. The molecule has 0 amide bonds. The van der Waals surface area contributed by atoms with Gasteiger partial charge in [0.15, 0.2) is 0 Å². The van der Waals surface area contributed by atoms with Gasteiger partial charge in [-0.1, -0.05) is 6.92 Å². The van der Waals surface area contributed by atoms with Crippen molar-refractivity contribution in [1.82, 2.24) is 4.57 Å². The zero-order valence-corrected chi connectivity index (χ0v) is 16.1.